The summed E-state index contributed by atoms with van der Waals surface area (Å²) >= 11 is 0. The molecule has 4 heterocycles. The second kappa shape index (κ2) is 27.9. The van der Waals surface area contributed by atoms with Gasteiger partial charge in [0.25, 0.3) is 0 Å². The minimum atomic E-state index is -2.06. The van der Waals surface area contributed by atoms with E-state index in [2.05, 4.69) is 0 Å². The number of aliphatic hydroxyl groups excluding tert-OH is 15. The molecule has 0 bridgehead atoms. The largest absolute Gasteiger partial charge is 0.460 e. The van der Waals surface area contributed by atoms with Gasteiger partial charge in [-0.1, -0.05) is 12.2 Å². The summed E-state index contributed by atoms with van der Waals surface area (Å²) in [6.45, 7) is -2.12. The highest BCUT2D eigenvalue weighted by Crippen LogP contribution is 2.45. The highest BCUT2D eigenvalue weighted by Gasteiger charge is 2.56. The van der Waals surface area contributed by atoms with Gasteiger partial charge >= 0.3 is 11.9 Å². The molecular formula is C52H82O27. The molecule has 4 aliphatic heterocycles. The van der Waals surface area contributed by atoms with Crippen molar-refractivity contribution >= 4 is 11.9 Å². The van der Waals surface area contributed by atoms with Crippen molar-refractivity contribution in [3.05, 3.63) is 24.3 Å². The van der Waals surface area contributed by atoms with Gasteiger partial charge < -0.3 is 124 Å². The van der Waals surface area contributed by atoms with Gasteiger partial charge in [-0.25, -0.2) is 9.59 Å². The molecule has 27 heteroatoms. The van der Waals surface area contributed by atoms with Crippen LogP contribution in [0.5, 0.6) is 0 Å². The molecule has 0 spiro atoms. The number of methoxy groups -OCH3 is 1. The average Bonchev–Trinajstić information content (AvgIpc) is 3.45. The number of rotatable bonds is 17. The SMILES string of the molecule is COC1CC(C=CC(=O)OC[C@H]2O[C@@H](OC3CC4C(CC(O)CC4O[C@@H]4O[C@H](CO)[C@@H](O)[C@H](O)[C@H]4O)OC3C3CCC(O)C(O)C3)[C@H](O[C@@H]3O[C@H](COC(=O)C=CC4CCC(O)C(O)C4)[C@@H](O)[C@H](O)[C@H]3O)[C@@H](O)[C@@H]2O)CCC1O. The smallest absolute Gasteiger partial charge is 0.330 e. The maximum Gasteiger partial charge on any atom is 0.330 e. The van der Waals surface area contributed by atoms with E-state index in [-0.39, 0.29) is 50.4 Å². The quantitative estimate of drug-likeness (QED) is 0.0477. The first kappa shape index (κ1) is 62.5. The Morgan fingerprint density at radius 2 is 0.987 bits per heavy atom. The molecule has 15 N–H and O–H groups in total. The van der Waals surface area contributed by atoms with Crippen LogP contribution < -0.4 is 0 Å². The molecule has 4 saturated carbocycles. The van der Waals surface area contributed by atoms with Crippen LogP contribution in [-0.2, 0) is 57.0 Å². The number of carbonyl (C=O) groups is 2. The van der Waals surface area contributed by atoms with Gasteiger partial charge in [0.1, 0.15) is 86.5 Å². The van der Waals surface area contributed by atoms with Crippen LogP contribution in [0.15, 0.2) is 24.3 Å². The van der Waals surface area contributed by atoms with Gasteiger partial charge in [-0.15, -0.1) is 0 Å². The predicted octanol–water partition coefficient (Wildman–Crippen LogP) is -5.46. The lowest BCUT2D eigenvalue weighted by atomic mass is 9.72. The molecule has 8 fully saturated rings. The van der Waals surface area contributed by atoms with Gasteiger partial charge in [-0.2, -0.15) is 0 Å². The van der Waals surface area contributed by atoms with E-state index < -0.39 is 203 Å². The summed E-state index contributed by atoms with van der Waals surface area (Å²) in [6.07, 6.45) is -28.8. The second-order valence-corrected chi connectivity index (χ2v) is 22.7. The van der Waals surface area contributed by atoms with Crippen molar-refractivity contribution in [2.45, 2.75) is 236 Å². The summed E-state index contributed by atoms with van der Waals surface area (Å²) in [5, 5.41) is 162. The van der Waals surface area contributed by atoms with Crippen molar-refractivity contribution in [2.75, 3.05) is 26.9 Å². The lowest BCUT2D eigenvalue weighted by Crippen LogP contribution is -2.66. The summed E-state index contributed by atoms with van der Waals surface area (Å²) in [7, 11) is 1.48. The average molecular weight is 1140 g/mol. The van der Waals surface area contributed by atoms with Crippen LogP contribution in [0.3, 0.4) is 0 Å². The number of esters is 2. The summed E-state index contributed by atoms with van der Waals surface area (Å²) < 4.78 is 60.0. The van der Waals surface area contributed by atoms with E-state index in [4.69, 9.17) is 47.4 Å². The van der Waals surface area contributed by atoms with Gasteiger partial charge in [-0.3, -0.25) is 0 Å². The lowest BCUT2D eigenvalue weighted by Gasteiger charge is -2.53. The Labute approximate surface area is 455 Å². The molecule has 8 rings (SSSR count). The van der Waals surface area contributed by atoms with Crippen LogP contribution in [0.4, 0.5) is 0 Å². The number of hydrogen-bond donors (Lipinski definition) is 15. The first-order valence-electron chi connectivity index (χ1n) is 27.6. The Morgan fingerprint density at radius 1 is 0.468 bits per heavy atom. The van der Waals surface area contributed by atoms with Crippen molar-refractivity contribution in [1.82, 2.24) is 0 Å². The fourth-order valence-electron chi connectivity index (χ4n) is 12.4. The number of aliphatic hydroxyl groups is 15. The highest BCUT2D eigenvalue weighted by atomic mass is 16.8. The number of allylic oxidation sites excluding steroid dienone is 2. The fourth-order valence-corrected chi connectivity index (χ4v) is 12.4. The topological polar surface area (TPSA) is 430 Å². The van der Waals surface area contributed by atoms with Crippen molar-refractivity contribution in [3.63, 3.8) is 0 Å². The normalized spacial score (nSPS) is 49.1. The minimum Gasteiger partial charge on any atom is -0.460 e. The standard InChI is InChI=1S/C52H82O27/c1-70-33-13-22(3-8-28(33)57)5-11-39(61)72-20-37-42(64)45(67)49(79-51-47(69)44(66)41(63)36(77-51)19-71-38(60)10-4-21-2-7-26(55)29(58)12-21)52(78-37)75-34-17-25-31(73-48(34)23-6-9-27(56)30(59)14-23)15-24(54)16-32(25)74-50-46(68)43(65)40(62)35(18-53)76-50/h4-5,10-11,21-37,40-59,62-69H,2-3,6-9,12-20H2,1H3/t21?,22?,23?,24?,25?,26?,27?,28?,29?,30?,31?,32?,33?,34?,35-,36-,37-,40-,41-,42-,43+,44+,45+,46-,47-,48?,49-,50-,51+,52-/m1/s1. The monoisotopic (exact) mass is 1140 g/mol. The molecule has 8 aliphatic rings. The van der Waals surface area contributed by atoms with E-state index in [0.29, 0.717) is 38.5 Å². The molecule has 30 atom stereocenters. The Morgan fingerprint density at radius 3 is 1.58 bits per heavy atom. The Kier molecular flexibility index (Phi) is 22.1. The van der Waals surface area contributed by atoms with E-state index in [1.807, 2.05) is 0 Å². The van der Waals surface area contributed by atoms with E-state index in [1.165, 1.54) is 19.3 Å². The molecule has 15 unspecified atom stereocenters. The summed E-state index contributed by atoms with van der Waals surface area (Å²) in [6, 6.07) is 0. The summed E-state index contributed by atoms with van der Waals surface area (Å²) in [5.74, 6) is -3.39. The van der Waals surface area contributed by atoms with Crippen LogP contribution >= 0.6 is 0 Å². The summed E-state index contributed by atoms with van der Waals surface area (Å²) in [5.41, 5.74) is 0. The van der Waals surface area contributed by atoms with Crippen LogP contribution in [-0.4, -0.2) is 275 Å². The van der Waals surface area contributed by atoms with Crippen LogP contribution in [0.25, 0.3) is 0 Å². The maximum absolute atomic E-state index is 13.2. The molecule has 0 aromatic carbocycles. The van der Waals surface area contributed by atoms with Crippen molar-refractivity contribution in [2.24, 2.45) is 23.7 Å². The first-order chi connectivity index (χ1) is 37.6. The van der Waals surface area contributed by atoms with E-state index >= 15 is 0 Å². The summed E-state index contributed by atoms with van der Waals surface area (Å²) in [4.78, 5) is 26.0. The van der Waals surface area contributed by atoms with Gasteiger partial charge in [0.05, 0.1) is 73.8 Å². The van der Waals surface area contributed by atoms with Crippen molar-refractivity contribution in [3.8, 4) is 0 Å². The van der Waals surface area contributed by atoms with Crippen LogP contribution in [0, 0.1) is 23.7 Å². The molecule has 0 aromatic heterocycles. The molecule has 0 amide bonds. The Balaban J connectivity index is 1.04. The number of hydrogen-bond acceptors (Lipinski definition) is 27. The van der Waals surface area contributed by atoms with Crippen LogP contribution in [0.1, 0.15) is 77.0 Å². The highest BCUT2D eigenvalue weighted by molar-refractivity contribution is 5.82. The lowest BCUT2D eigenvalue weighted by molar-refractivity contribution is -0.380. The van der Waals surface area contributed by atoms with E-state index in [1.54, 1.807) is 6.08 Å². The van der Waals surface area contributed by atoms with E-state index in [9.17, 15) is 86.2 Å². The molecule has 79 heavy (non-hydrogen) atoms. The van der Waals surface area contributed by atoms with Crippen molar-refractivity contribution in [1.29, 1.82) is 0 Å². The van der Waals surface area contributed by atoms with Gasteiger partial charge in [-0.05, 0) is 88.4 Å². The predicted molar refractivity (Wildman–Crippen MR) is 261 cm³/mol. The van der Waals surface area contributed by atoms with E-state index in [0.717, 1.165) is 6.08 Å². The fraction of sp³-hybridized carbons (Fsp3) is 0.885. The third kappa shape index (κ3) is 15.1. The minimum absolute atomic E-state index is 0.0147. The van der Waals surface area contributed by atoms with Crippen molar-refractivity contribution < 1.29 is 134 Å². The second-order valence-electron chi connectivity index (χ2n) is 22.7. The van der Waals surface area contributed by atoms with Gasteiger partial charge in [0.2, 0.25) is 0 Å². The molecule has 27 nitrogen and oxygen atoms in total. The molecule has 0 radical (unpaired) electrons. The molecular weight excluding hydrogens is 1060 g/mol. The zero-order valence-electron chi connectivity index (χ0n) is 43.8. The molecule has 0 aromatic rings. The molecule has 452 valence electrons. The molecule has 4 aliphatic carbocycles. The van der Waals surface area contributed by atoms with Crippen LogP contribution in [0.2, 0.25) is 0 Å². The Hall–Kier alpha value is -2.50. The third-order valence-corrected chi connectivity index (χ3v) is 17.2. The zero-order valence-corrected chi connectivity index (χ0v) is 43.8. The third-order valence-electron chi connectivity index (χ3n) is 17.2. The number of fused-ring (bicyclic) bond motifs is 1. The van der Waals surface area contributed by atoms with Gasteiger partial charge in [0, 0.05) is 31.6 Å². The first-order valence-corrected chi connectivity index (χ1v) is 27.6. The Bertz CT molecular complexity index is 2000. The number of ether oxygens (including phenoxy) is 10. The maximum atomic E-state index is 13.2. The molecule has 4 saturated heterocycles. The zero-order chi connectivity index (χ0) is 57.0. The van der Waals surface area contributed by atoms with Gasteiger partial charge in [0.15, 0.2) is 18.9 Å². The number of carbonyl (C=O) groups excluding carboxylic acids is 2.